The average molecular weight is 639 g/mol. The highest BCUT2D eigenvalue weighted by molar-refractivity contribution is 6.16. The quantitative estimate of drug-likeness (QED) is 0.188. The molecule has 0 bridgehead atoms. The minimum Gasteiger partial charge on any atom is -0.293 e. The van der Waals surface area contributed by atoms with E-state index in [2.05, 4.69) is 155 Å². The van der Waals surface area contributed by atoms with Crippen molar-refractivity contribution in [3.05, 3.63) is 205 Å². The second-order valence-corrected chi connectivity index (χ2v) is 12.8. The van der Waals surface area contributed by atoms with Gasteiger partial charge in [0, 0.05) is 45.9 Å². The Bertz CT molecular complexity index is 2590. The van der Waals surface area contributed by atoms with Gasteiger partial charge in [0.05, 0.1) is 22.1 Å². The number of fused-ring (bicyclic) bond motifs is 7. The van der Waals surface area contributed by atoms with Gasteiger partial charge in [0.15, 0.2) is 5.82 Å². The van der Waals surface area contributed by atoms with E-state index in [0.29, 0.717) is 5.82 Å². The third kappa shape index (κ3) is 4.09. The Morgan fingerprint density at radius 2 is 1.12 bits per heavy atom. The van der Waals surface area contributed by atoms with Crippen LogP contribution in [0.15, 0.2) is 182 Å². The number of aromatic nitrogens is 4. The molecule has 4 heteroatoms. The molecule has 0 radical (unpaired) electrons. The van der Waals surface area contributed by atoms with Crippen LogP contribution in [-0.2, 0) is 5.41 Å². The van der Waals surface area contributed by atoms with Crippen molar-refractivity contribution >= 4 is 21.8 Å². The van der Waals surface area contributed by atoms with Gasteiger partial charge in [-0.3, -0.25) is 9.55 Å². The van der Waals surface area contributed by atoms with Gasteiger partial charge in [0.1, 0.15) is 5.82 Å². The lowest BCUT2D eigenvalue weighted by molar-refractivity contribution is 0.766. The summed E-state index contributed by atoms with van der Waals surface area (Å²) >= 11 is 0. The summed E-state index contributed by atoms with van der Waals surface area (Å²) in [5.74, 6) is 1.52. The van der Waals surface area contributed by atoms with Crippen LogP contribution in [-0.4, -0.2) is 19.5 Å². The van der Waals surface area contributed by atoms with Gasteiger partial charge in [-0.1, -0.05) is 146 Å². The number of hydrogen-bond acceptors (Lipinski definition) is 3. The molecule has 1 unspecified atom stereocenters. The van der Waals surface area contributed by atoms with E-state index in [-0.39, 0.29) is 0 Å². The van der Waals surface area contributed by atoms with Crippen molar-refractivity contribution in [1.29, 1.82) is 0 Å². The molecule has 1 atom stereocenters. The molecule has 9 aromatic rings. The zero-order valence-electron chi connectivity index (χ0n) is 27.1. The molecular formula is C46H30N4. The lowest BCUT2D eigenvalue weighted by Crippen LogP contribution is -2.28. The minimum atomic E-state index is -0.540. The lowest BCUT2D eigenvalue weighted by atomic mass is 9.68. The fourth-order valence-corrected chi connectivity index (χ4v) is 8.15. The maximum Gasteiger partial charge on any atom is 0.162 e. The monoisotopic (exact) mass is 638 g/mol. The summed E-state index contributed by atoms with van der Waals surface area (Å²) in [4.78, 5) is 14.9. The Balaban J connectivity index is 1.37. The number of benzene rings is 6. The Morgan fingerprint density at radius 3 is 1.90 bits per heavy atom. The fraction of sp³-hybridized carbons (Fsp3) is 0.0217. The maximum atomic E-state index is 5.35. The summed E-state index contributed by atoms with van der Waals surface area (Å²) in [7, 11) is 0. The first kappa shape index (κ1) is 28.4. The molecule has 4 nitrogen and oxygen atoms in total. The Kier molecular flexibility index (Phi) is 6.36. The smallest absolute Gasteiger partial charge is 0.162 e. The Labute approximate surface area is 290 Å². The molecule has 0 saturated heterocycles. The van der Waals surface area contributed by atoms with E-state index in [1.54, 1.807) is 0 Å². The van der Waals surface area contributed by atoms with Crippen LogP contribution < -0.4 is 0 Å². The van der Waals surface area contributed by atoms with Crippen LogP contribution in [0.2, 0.25) is 0 Å². The second-order valence-electron chi connectivity index (χ2n) is 12.8. The first-order valence-electron chi connectivity index (χ1n) is 17.0. The summed E-state index contributed by atoms with van der Waals surface area (Å²) in [6.45, 7) is 0. The van der Waals surface area contributed by atoms with Crippen LogP contribution in [0.5, 0.6) is 0 Å². The van der Waals surface area contributed by atoms with E-state index >= 15 is 0 Å². The van der Waals surface area contributed by atoms with Gasteiger partial charge in [0.25, 0.3) is 0 Å². The number of rotatable bonds is 5. The zero-order chi connectivity index (χ0) is 33.1. The van der Waals surface area contributed by atoms with E-state index in [0.717, 1.165) is 33.7 Å². The molecule has 3 aromatic heterocycles. The van der Waals surface area contributed by atoms with E-state index in [1.807, 2.05) is 36.7 Å². The maximum absolute atomic E-state index is 5.35. The molecule has 6 aromatic carbocycles. The van der Waals surface area contributed by atoms with Crippen molar-refractivity contribution in [2.45, 2.75) is 5.41 Å². The number of pyridine rings is 1. The number of nitrogens with zero attached hydrogens (tertiary/aromatic N) is 4. The molecule has 0 saturated carbocycles. The van der Waals surface area contributed by atoms with Crippen LogP contribution in [0.3, 0.4) is 0 Å². The van der Waals surface area contributed by atoms with Gasteiger partial charge in [-0.15, -0.1) is 0 Å². The largest absolute Gasteiger partial charge is 0.293 e. The number of hydrogen-bond donors (Lipinski definition) is 0. The standard InChI is InChI=1S/C46H30N4/c1-4-14-31(15-5-1)40-30-42(49-45(48-40)32-16-6-2-7-17-32)50-41-23-13-11-20-35(41)36-24-25-39-43(44(36)50)37-21-10-12-22-38(37)46(39,33-18-8-3-9-19-33)34-26-28-47-29-27-34/h1-30H. The van der Waals surface area contributed by atoms with Gasteiger partial charge in [-0.25, -0.2) is 9.97 Å². The normalized spacial score (nSPS) is 14.9. The molecule has 3 heterocycles. The average Bonchev–Trinajstić information content (AvgIpc) is 3.70. The van der Waals surface area contributed by atoms with Crippen molar-refractivity contribution in [2.24, 2.45) is 0 Å². The van der Waals surface area contributed by atoms with Crippen molar-refractivity contribution in [1.82, 2.24) is 19.5 Å². The first-order valence-corrected chi connectivity index (χ1v) is 17.0. The molecule has 0 N–H and O–H groups in total. The molecule has 1 aliphatic carbocycles. The zero-order valence-corrected chi connectivity index (χ0v) is 27.1. The van der Waals surface area contributed by atoms with Crippen LogP contribution in [0, 0.1) is 0 Å². The molecule has 10 rings (SSSR count). The van der Waals surface area contributed by atoms with Gasteiger partial charge in [-0.2, -0.15) is 0 Å². The molecule has 1 aliphatic rings. The number of para-hydroxylation sites is 1. The molecule has 0 fully saturated rings. The van der Waals surface area contributed by atoms with Crippen LogP contribution in [0.4, 0.5) is 0 Å². The van der Waals surface area contributed by atoms with E-state index in [4.69, 9.17) is 9.97 Å². The van der Waals surface area contributed by atoms with Crippen molar-refractivity contribution < 1.29 is 0 Å². The summed E-state index contributed by atoms with van der Waals surface area (Å²) < 4.78 is 2.37. The van der Waals surface area contributed by atoms with Crippen molar-refractivity contribution in [2.75, 3.05) is 0 Å². The molecule has 0 spiro atoms. The third-order valence-electron chi connectivity index (χ3n) is 10.2. The predicted octanol–water partition coefficient (Wildman–Crippen LogP) is 10.7. The summed E-state index contributed by atoms with van der Waals surface area (Å²) in [6, 6.07) is 60.3. The van der Waals surface area contributed by atoms with E-state index in [1.165, 1.54) is 44.2 Å². The Hall–Kier alpha value is -6.65. The van der Waals surface area contributed by atoms with E-state index < -0.39 is 5.41 Å². The minimum absolute atomic E-state index is 0.540. The van der Waals surface area contributed by atoms with Crippen LogP contribution in [0.25, 0.3) is 61.4 Å². The van der Waals surface area contributed by atoms with Gasteiger partial charge in [0.2, 0.25) is 0 Å². The van der Waals surface area contributed by atoms with Gasteiger partial charge >= 0.3 is 0 Å². The molecule has 234 valence electrons. The molecular weight excluding hydrogens is 609 g/mol. The molecule has 50 heavy (non-hydrogen) atoms. The Morgan fingerprint density at radius 1 is 0.480 bits per heavy atom. The SMILES string of the molecule is c1ccc(-c2cc(-n3c4ccccc4c4ccc5c(c43)-c3ccccc3C5(c3ccccc3)c3ccncc3)nc(-c3ccccc3)n2)cc1. The summed E-state index contributed by atoms with van der Waals surface area (Å²) in [5.41, 5.74) is 12.0. The highest BCUT2D eigenvalue weighted by atomic mass is 15.1. The topological polar surface area (TPSA) is 43.6 Å². The fourth-order valence-electron chi connectivity index (χ4n) is 8.15. The van der Waals surface area contributed by atoms with Crippen molar-refractivity contribution in [3.8, 4) is 39.6 Å². The van der Waals surface area contributed by atoms with Gasteiger partial charge < -0.3 is 0 Å². The van der Waals surface area contributed by atoms with E-state index in [9.17, 15) is 0 Å². The van der Waals surface area contributed by atoms with Crippen LogP contribution >= 0.6 is 0 Å². The molecule has 0 aliphatic heterocycles. The first-order chi connectivity index (χ1) is 24.8. The highest BCUT2D eigenvalue weighted by Crippen LogP contribution is 2.58. The summed E-state index contributed by atoms with van der Waals surface area (Å²) in [5, 5.41) is 2.37. The predicted molar refractivity (Wildman–Crippen MR) is 202 cm³/mol. The summed E-state index contributed by atoms with van der Waals surface area (Å²) in [6.07, 6.45) is 3.82. The lowest BCUT2D eigenvalue weighted by Gasteiger charge is -2.33. The third-order valence-corrected chi connectivity index (χ3v) is 10.2. The van der Waals surface area contributed by atoms with Gasteiger partial charge in [-0.05, 0) is 46.0 Å². The van der Waals surface area contributed by atoms with Crippen LogP contribution in [0.1, 0.15) is 22.3 Å². The second kappa shape index (κ2) is 11.2. The molecule has 0 amide bonds. The highest BCUT2D eigenvalue weighted by Gasteiger charge is 2.47. The van der Waals surface area contributed by atoms with Crippen molar-refractivity contribution in [3.63, 3.8) is 0 Å².